The van der Waals surface area contributed by atoms with Crippen LogP contribution in [-0.2, 0) is 9.59 Å². The monoisotopic (exact) mass is 464 g/mol. The van der Waals surface area contributed by atoms with Crippen molar-refractivity contribution in [2.45, 2.75) is 13.8 Å². The minimum atomic E-state index is -0.785. The number of imide groups is 2. The molecule has 0 atom stereocenters. The van der Waals surface area contributed by atoms with Crippen LogP contribution < -0.4 is 10.2 Å². The van der Waals surface area contributed by atoms with Crippen molar-refractivity contribution in [2.24, 2.45) is 0 Å². The molecule has 1 saturated heterocycles. The van der Waals surface area contributed by atoms with Gasteiger partial charge in [-0.3, -0.25) is 19.9 Å². The molecule has 0 unspecified atom stereocenters. The van der Waals surface area contributed by atoms with E-state index in [0.717, 1.165) is 26.4 Å². The van der Waals surface area contributed by atoms with Crippen molar-refractivity contribution in [3.05, 3.63) is 81.9 Å². The molecule has 0 bridgehead atoms. The smallest absolute Gasteiger partial charge is 0.317 e. The van der Waals surface area contributed by atoms with Gasteiger partial charge in [0.05, 0.1) is 11.4 Å². The van der Waals surface area contributed by atoms with E-state index >= 15 is 0 Å². The third-order valence-electron chi connectivity index (χ3n) is 4.89. The molecule has 4 amide bonds. The zero-order chi connectivity index (χ0) is 21.4. The van der Waals surface area contributed by atoms with Crippen LogP contribution in [0.4, 0.5) is 10.5 Å². The molecule has 1 aliphatic rings. The van der Waals surface area contributed by atoms with Crippen LogP contribution in [0.2, 0.25) is 0 Å². The van der Waals surface area contributed by atoms with E-state index in [4.69, 9.17) is 0 Å². The average Bonchev–Trinajstić information content (AvgIpc) is 2.99. The highest BCUT2D eigenvalue weighted by molar-refractivity contribution is 9.10. The number of para-hydroxylation sites is 1. The van der Waals surface area contributed by atoms with Gasteiger partial charge in [0, 0.05) is 28.3 Å². The van der Waals surface area contributed by atoms with Gasteiger partial charge in [0.25, 0.3) is 11.8 Å². The summed E-state index contributed by atoms with van der Waals surface area (Å²) in [4.78, 5) is 42.6. The fraction of sp³-hybridized carbons (Fsp3) is 0.0909. The molecule has 0 radical (unpaired) electrons. The second kappa shape index (κ2) is 7.72. The lowest BCUT2D eigenvalue weighted by molar-refractivity contribution is -0.122. The SMILES string of the molecule is Cc1cc(/C=C2\C(=O)NC(=O)N(c3ccncc3)C2=O)c(C)n1-c1ccccc1Br. The number of rotatable bonds is 3. The number of aromatic nitrogens is 2. The molecule has 1 aliphatic heterocycles. The van der Waals surface area contributed by atoms with Gasteiger partial charge in [-0.25, -0.2) is 9.69 Å². The number of nitrogens with one attached hydrogen (secondary N) is 1. The summed E-state index contributed by atoms with van der Waals surface area (Å²) in [7, 11) is 0. The number of nitrogens with zero attached hydrogens (tertiary/aromatic N) is 3. The van der Waals surface area contributed by atoms with E-state index in [1.165, 1.54) is 30.6 Å². The highest BCUT2D eigenvalue weighted by Crippen LogP contribution is 2.28. The Bertz CT molecular complexity index is 1210. The molecule has 8 heteroatoms. The van der Waals surface area contributed by atoms with Crippen LogP contribution in [0, 0.1) is 13.8 Å². The Morgan fingerprint density at radius 2 is 1.73 bits per heavy atom. The molecule has 1 fully saturated rings. The van der Waals surface area contributed by atoms with Crippen LogP contribution in [0.5, 0.6) is 0 Å². The molecular formula is C22H17BrN4O3. The van der Waals surface area contributed by atoms with Gasteiger partial charge in [0.1, 0.15) is 5.57 Å². The molecule has 7 nitrogen and oxygen atoms in total. The number of hydrogen-bond donors (Lipinski definition) is 1. The molecule has 2 aromatic heterocycles. The number of aryl methyl sites for hydroxylation is 1. The molecule has 3 aromatic rings. The molecule has 0 aliphatic carbocycles. The number of anilines is 1. The molecule has 0 spiro atoms. The zero-order valence-electron chi connectivity index (χ0n) is 16.2. The van der Waals surface area contributed by atoms with E-state index in [1.54, 1.807) is 0 Å². The first-order valence-corrected chi connectivity index (χ1v) is 9.93. The summed E-state index contributed by atoms with van der Waals surface area (Å²) in [5, 5.41) is 2.23. The maximum absolute atomic E-state index is 13.0. The number of halogens is 1. The molecular weight excluding hydrogens is 448 g/mol. The molecule has 1 N–H and O–H groups in total. The number of pyridine rings is 1. The average molecular weight is 465 g/mol. The minimum absolute atomic E-state index is 0.112. The van der Waals surface area contributed by atoms with Crippen molar-refractivity contribution in [1.29, 1.82) is 0 Å². The first-order valence-electron chi connectivity index (χ1n) is 9.14. The van der Waals surface area contributed by atoms with Crippen molar-refractivity contribution >= 4 is 45.5 Å². The normalized spacial score (nSPS) is 15.6. The lowest BCUT2D eigenvalue weighted by atomic mass is 10.1. The van der Waals surface area contributed by atoms with Gasteiger partial charge in [0.2, 0.25) is 0 Å². The van der Waals surface area contributed by atoms with Crippen LogP contribution in [0.1, 0.15) is 17.0 Å². The van der Waals surface area contributed by atoms with E-state index < -0.39 is 17.8 Å². The molecule has 1 aromatic carbocycles. The topological polar surface area (TPSA) is 84.3 Å². The summed E-state index contributed by atoms with van der Waals surface area (Å²) in [5.41, 5.74) is 3.69. The van der Waals surface area contributed by atoms with Gasteiger partial charge in [0.15, 0.2) is 0 Å². The second-order valence-electron chi connectivity index (χ2n) is 6.78. The first kappa shape index (κ1) is 19.8. The number of urea groups is 1. The fourth-order valence-corrected chi connectivity index (χ4v) is 3.94. The standard InChI is InChI=1S/C22H17BrN4O3/c1-13-11-15(14(2)26(13)19-6-4-3-5-18(19)23)12-17-20(28)25-22(30)27(21(17)29)16-7-9-24-10-8-16/h3-12H,1-2H3,(H,25,28,30)/b17-12+. The van der Waals surface area contributed by atoms with Crippen molar-refractivity contribution in [3.8, 4) is 5.69 Å². The van der Waals surface area contributed by atoms with Gasteiger partial charge >= 0.3 is 6.03 Å². The number of carbonyl (C=O) groups is 3. The Morgan fingerprint density at radius 1 is 1.03 bits per heavy atom. The van der Waals surface area contributed by atoms with E-state index in [2.05, 4.69) is 26.2 Å². The maximum Gasteiger partial charge on any atom is 0.335 e. The van der Waals surface area contributed by atoms with Gasteiger partial charge in [-0.2, -0.15) is 0 Å². The van der Waals surface area contributed by atoms with E-state index in [9.17, 15) is 14.4 Å². The highest BCUT2D eigenvalue weighted by Gasteiger charge is 2.37. The lowest BCUT2D eigenvalue weighted by Gasteiger charge is -2.26. The van der Waals surface area contributed by atoms with Crippen molar-refractivity contribution < 1.29 is 14.4 Å². The van der Waals surface area contributed by atoms with Crippen LogP contribution in [-0.4, -0.2) is 27.4 Å². The number of hydrogen-bond acceptors (Lipinski definition) is 4. The maximum atomic E-state index is 13.0. The molecule has 3 heterocycles. The van der Waals surface area contributed by atoms with Crippen molar-refractivity contribution in [3.63, 3.8) is 0 Å². The highest BCUT2D eigenvalue weighted by atomic mass is 79.9. The van der Waals surface area contributed by atoms with Gasteiger partial charge in [-0.15, -0.1) is 0 Å². The van der Waals surface area contributed by atoms with Gasteiger partial charge in [-0.05, 0) is 71.7 Å². The van der Waals surface area contributed by atoms with Gasteiger partial charge in [-0.1, -0.05) is 12.1 Å². The molecule has 30 heavy (non-hydrogen) atoms. The van der Waals surface area contributed by atoms with Crippen LogP contribution in [0.25, 0.3) is 11.8 Å². The Morgan fingerprint density at radius 3 is 2.43 bits per heavy atom. The number of barbiturate groups is 1. The summed E-state index contributed by atoms with van der Waals surface area (Å²) >= 11 is 3.56. The Kier molecular flexibility index (Phi) is 5.09. The number of amides is 4. The predicted molar refractivity (Wildman–Crippen MR) is 116 cm³/mol. The molecule has 4 rings (SSSR count). The van der Waals surface area contributed by atoms with E-state index in [1.807, 2.05) is 48.7 Å². The summed E-state index contributed by atoms with van der Waals surface area (Å²) in [5.74, 6) is -1.40. The number of carbonyl (C=O) groups excluding carboxylic acids is 3. The zero-order valence-corrected chi connectivity index (χ0v) is 17.8. The summed E-state index contributed by atoms with van der Waals surface area (Å²) in [6.07, 6.45) is 4.47. The minimum Gasteiger partial charge on any atom is -0.317 e. The summed E-state index contributed by atoms with van der Waals surface area (Å²) in [6.45, 7) is 3.86. The Hall–Kier alpha value is -3.52. The Balaban J connectivity index is 1.79. The van der Waals surface area contributed by atoms with Crippen molar-refractivity contribution in [1.82, 2.24) is 14.9 Å². The van der Waals surface area contributed by atoms with Gasteiger partial charge < -0.3 is 4.57 Å². The third-order valence-corrected chi connectivity index (χ3v) is 5.56. The van der Waals surface area contributed by atoms with Crippen molar-refractivity contribution in [2.75, 3.05) is 4.90 Å². The first-order chi connectivity index (χ1) is 14.4. The molecule has 150 valence electrons. The second-order valence-corrected chi connectivity index (χ2v) is 7.63. The summed E-state index contributed by atoms with van der Waals surface area (Å²) in [6, 6.07) is 12.0. The van der Waals surface area contributed by atoms with Crippen LogP contribution >= 0.6 is 15.9 Å². The largest absolute Gasteiger partial charge is 0.335 e. The van der Waals surface area contributed by atoms with Crippen LogP contribution in [0.15, 0.2) is 64.9 Å². The molecule has 0 saturated carbocycles. The summed E-state index contributed by atoms with van der Waals surface area (Å²) < 4.78 is 2.96. The Labute approximate surface area is 181 Å². The van der Waals surface area contributed by atoms with Crippen LogP contribution in [0.3, 0.4) is 0 Å². The third kappa shape index (κ3) is 3.35. The predicted octanol–water partition coefficient (Wildman–Crippen LogP) is 3.92. The quantitative estimate of drug-likeness (QED) is 0.470. The van der Waals surface area contributed by atoms with E-state index in [-0.39, 0.29) is 5.57 Å². The number of benzene rings is 1. The lowest BCUT2D eigenvalue weighted by Crippen LogP contribution is -2.54. The van der Waals surface area contributed by atoms with E-state index in [0.29, 0.717) is 11.3 Å². The fourth-order valence-electron chi connectivity index (χ4n) is 3.48.